The predicted molar refractivity (Wildman–Crippen MR) is 154 cm³/mol. The molecular formula is C26H20Cl4N4O5S. The maximum absolute atomic E-state index is 13.1. The van der Waals surface area contributed by atoms with Crippen LogP contribution in [-0.2, 0) is 26.0 Å². The first-order valence-corrected chi connectivity index (χ1v) is 14.8. The van der Waals surface area contributed by atoms with Crippen LogP contribution in [0.4, 0.5) is 0 Å². The number of fused-ring (bicyclic) bond motifs is 1. The highest BCUT2D eigenvalue weighted by molar-refractivity contribution is 7.89. The predicted octanol–water partition coefficient (Wildman–Crippen LogP) is 5.42. The van der Waals surface area contributed by atoms with Gasteiger partial charge < -0.3 is 15.4 Å². The number of aliphatic carboxylic acids is 1. The van der Waals surface area contributed by atoms with Crippen LogP contribution in [0.2, 0.25) is 20.1 Å². The molecule has 0 spiro atoms. The van der Waals surface area contributed by atoms with E-state index in [4.69, 9.17) is 46.4 Å². The van der Waals surface area contributed by atoms with Gasteiger partial charge in [0.1, 0.15) is 17.9 Å². The third-order valence-corrected chi connectivity index (χ3v) is 9.47. The van der Waals surface area contributed by atoms with E-state index >= 15 is 0 Å². The molecule has 2 heterocycles. The number of hydrogen-bond donors (Lipinski definition) is 3. The van der Waals surface area contributed by atoms with Gasteiger partial charge in [-0.25, -0.2) is 18.2 Å². The van der Waals surface area contributed by atoms with Gasteiger partial charge >= 0.3 is 5.97 Å². The number of carboxylic acids is 1. The second-order valence-corrected chi connectivity index (χ2v) is 12.7. The molecule has 2 atom stereocenters. The fourth-order valence-electron chi connectivity index (χ4n) is 4.46. The molecule has 0 aliphatic carbocycles. The molecule has 0 radical (unpaired) electrons. The van der Waals surface area contributed by atoms with Gasteiger partial charge in [0.25, 0.3) is 0 Å². The molecule has 1 aromatic heterocycles. The van der Waals surface area contributed by atoms with E-state index in [1.54, 1.807) is 36.4 Å². The van der Waals surface area contributed by atoms with Crippen LogP contribution in [-0.4, -0.2) is 58.3 Å². The summed E-state index contributed by atoms with van der Waals surface area (Å²) in [4.78, 5) is 32.6. The minimum atomic E-state index is -4.08. The van der Waals surface area contributed by atoms with Gasteiger partial charge in [0.05, 0.1) is 31.5 Å². The first-order valence-electron chi connectivity index (χ1n) is 11.9. The third kappa shape index (κ3) is 5.65. The Morgan fingerprint density at radius 3 is 2.33 bits per heavy atom. The molecule has 1 amide bonds. The number of halogens is 4. The van der Waals surface area contributed by atoms with Crippen molar-refractivity contribution in [3.05, 3.63) is 80.3 Å². The Labute approximate surface area is 249 Å². The Balaban J connectivity index is 1.33. The molecule has 4 aromatic rings. The molecular weight excluding hydrogens is 622 g/mol. The van der Waals surface area contributed by atoms with Crippen molar-refractivity contribution < 1.29 is 23.1 Å². The summed E-state index contributed by atoms with van der Waals surface area (Å²) >= 11 is 24.5. The number of amides is 1. The van der Waals surface area contributed by atoms with E-state index in [2.05, 4.69) is 15.3 Å². The summed E-state index contributed by atoms with van der Waals surface area (Å²) in [6.07, 6.45) is 0.181. The Morgan fingerprint density at radius 2 is 1.73 bits per heavy atom. The molecule has 40 heavy (non-hydrogen) atoms. The average Bonchev–Trinajstić information content (AvgIpc) is 3.24. The number of rotatable bonds is 8. The number of aromatic nitrogens is 2. The van der Waals surface area contributed by atoms with Crippen molar-refractivity contribution >= 4 is 79.3 Å². The summed E-state index contributed by atoms with van der Waals surface area (Å²) in [7, 11) is -4.08. The van der Waals surface area contributed by atoms with E-state index in [0.29, 0.717) is 38.0 Å². The monoisotopic (exact) mass is 640 g/mol. The van der Waals surface area contributed by atoms with Gasteiger partial charge in [-0.3, -0.25) is 4.79 Å². The van der Waals surface area contributed by atoms with Crippen LogP contribution in [0.3, 0.4) is 0 Å². The first kappa shape index (κ1) is 28.7. The van der Waals surface area contributed by atoms with Gasteiger partial charge in [0.2, 0.25) is 15.9 Å². The zero-order valence-electron chi connectivity index (χ0n) is 20.4. The summed E-state index contributed by atoms with van der Waals surface area (Å²) in [6, 6.07) is 11.8. The smallest absolute Gasteiger partial charge is 0.326 e. The zero-order chi connectivity index (χ0) is 28.8. The lowest BCUT2D eigenvalue weighted by Crippen LogP contribution is -2.60. The summed E-state index contributed by atoms with van der Waals surface area (Å²) < 4.78 is 27.2. The molecule has 0 bridgehead atoms. The standard InChI is InChI=1S/C26H20Cl4N4O5S/c27-14-10-15(28)12-16(11-14)40(38,39)34-7-6-22(34)25(35)33-21(26(36)37)9-13-4-5-19-20(8-13)32-24(31-19)23-17(29)2-1-3-18(23)30/h1-5,8,10-12,21-22H,6-7,9H2,(H,31,32)(H,33,35)(H,36,37)/t21-,22-/m0/s1. The summed E-state index contributed by atoms with van der Waals surface area (Å²) in [6.45, 7) is 0.0938. The Kier molecular flexibility index (Phi) is 8.02. The van der Waals surface area contributed by atoms with Gasteiger partial charge in [-0.1, -0.05) is 58.5 Å². The SMILES string of the molecule is O=C(O)[C@H](Cc1ccc2nc(-c3c(Cl)cccc3Cl)[nH]c2c1)NC(=O)[C@@H]1CCN1S(=O)(=O)c1cc(Cl)cc(Cl)c1. The molecule has 0 unspecified atom stereocenters. The van der Waals surface area contributed by atoms with E-state index in [9.17, 15) is 23.1 Å². The summed E-state index contributed by atoms with van der Waals surface area (Å²) in [5, 5.41) is 13.4. The highest BCUT2D eigenvalue weighted by Crippen LogP contribution is 2.34. The minimum Gasteiger partial charge on any atom is -0.480 e. The highest BCUT2D eigenvalue weighted by Gasteiger charge is 2.43. The van der Waals surface area contributed by atoms with Gasteiger partial charge in [-0.2, -0.15) is 4.31 Å². The summed E-state index contributed by atoms with van der Waals surface area (Å²) in [5.74, 6) is -1.52. The normalized spacial score (nSPS) is 16.4. The van der Waals surface area contributed by atoms with Crippen molar-refractivity contribution in [3.63, 3.8) is 0 Å². The number of sulfonamides is 1. The molecule has 3 N–H and O–H groups in total. The molecule has 1 fully saturated rings. The highest BCUT2D eigenvalue weighted by atomic mass is 35.5. The second-order valence-electron chi connectivity index (χ2n) is 9.16. The first-order chi connectivity index (χ1) is 18.9. The Bertz CT molecular complexity index is 1720. The van der Waals surface area contributed by atoms with Gasteiger partial charge in [-0.15, -0.1) is 0 Å². The zero-order valence-corrected chi connectivity index (χ0v) is 24.2. The Hall–Kier alpha value is -2.86. The van der Waals surface area contributed by atoms with Crippen LogP contribution >= 0.6 is 46.4 Å². The molecule has 5 rings (SSSR count). The number of carbonyl (C=O) groups is 2. The number of H-pyrrole nitrogens is 1. The van der Waals surface area contributed by atoms with E-state index in [1.807, 2.05) is 0 Å². The van der Waals surface area contributed by atoms with Gasteiger partial charge in [-0.05, 0) is 54.4 Å². The number of aromatic amines is 1. The molecule has 9 nitrogen and oxygen atoms in total. The van der Waals surface area contributed by atoms with Gasteiger partial charge in [0, 0.05) is 23.0 Å². The molecule has 1 aliphatic heterocycles. The average molecular weight is 642 g/mol. The topological polar surface area (TPSA) is 132 Å². The molecule has 3 aromatic carbocycles. The van der Waals surface area contributed by atoms with Crippen molar-refractivity contribution in [1.29, 1.82) is 0 Å². The van der Waals surface area contributed by atoms with Crippen molar-refractivity contribution in [2.75, 3.05) is 6.54 Å². The van der Waals surface area contributed by atoms with Crippen LogP contribution < -0.4 is 5.32 Å². The number of benzene rings is 3. The van der Waals surface area contributed by atoms with E-state index < -0.39 is 34.0 Å². The van der Waals surface area contributed by atoms with Gasteiger partial charge in [0.15, 0.2) is 0 Å². The lowest BCUT2D eigenvalue weighted by atomic mass is 10.0. The number of hydrogen-bond acceptors (Lipinski definition) is 5. The Morgan fingerprint density at radius 1 is 1.05 bits per heavy atom. The quantitative estimate of drug-likeness (QED) is 0.235. The van der Waals surface area contributed by atoms with Crippen LogP contribution in [0.5, 0.6) is 0 Å². The van der Waals surface area contributed by atoms with Crippen LogP contribution in [0.25, 0.3) is 22.4 Å². The number of imidazole rings is 1. The van der Waals surface area contributed by atoms with E-state index in [1.165, 1.54) is 18.2 Å². The third-order valence-electron chi connectivity index (χ3n) is 6.52. The molecule has 1 aliphatic rings. The van der Waals surface area contributed by atoms with Crippen LogP contribution in [0, 0.1) is 0 Å². The molecule has 208 valence electrons. The fourth-order valence-corrected chi connectivity index (χ4v) is 7.39. The molecule has 0 saturated carbocycles. The molecule has 1 saturated heterocycles. The fraction of sp³-hybridized carbons (Fsp3) is 0.192. The molecule has 14 heteroatoms. The van der Waals surface area contributed by atoms with Crippen molar-refractivity contribution in [2.24, 2.45) is 0 Å². The van der Waals surface area contributed by atoms with Crippen molar-refractivity contribution in [1.82, 2.24) is 19.6 Å². The number of nitrogens with zero attached hydrogens (tertiary/aromatic N) is 2. The lowest BCUT2D eigenvalue weighted by Gasteiger charge is -2.38. The van der Waals surface area contributed by atoms with E-state index in [0.717, 1.165) is 4.31 Å². The maximum atomic E-state index is 13.1. The number of nitrogens with one attached hydrogen (secondary N) is 2. The number of carboxylic acid groups (broad SMARTS) is 1. The van der Waals surface area contributed by atoms with E-state index in [-0.39, 0.29) is 34.3 Å². The van der Waals surface area contributed by atoms with Crippen LogP contribution in [0.1, 0.15) is 12.0 Å². The minimum absolute atomic E-state index is 0.0540. The summed E-state index contributed by atoms with van der Waals surface area (Å²) in [5.41, 5.74) is 2.38. The number of carbonyl (C=O) groups excluding carboxylic acids is 1. The van der Waals surface area contributed by atoms with Crippen molar-refractivity contribution in [2.45, 2.75) is 29.8 Å². The lowest BCUT2D eigenvalue weighted by molar-refractivity contribution is -0.143. The van der Waals surface area contributed by atoms with Crippen molar-refractivity contribution in [3.8, 4) is 11.4 Å². The van der Waals surface area contributed by atoms with Crippen LogP contribution in [0.15, 0.2) is 59.5 Å². The maximum Gasteiger partial charge on any atom is 0.326 e. The second kappa shape index (κ2) is 11.2. The largest absolute Gasteiger partial charge is 0.480 e.